The van der Waals surface area contributed by atoms with Crippen LogP contribution < -0.4 is 15.8 Å². The molecule has 0 spiro atoms. The number of aromatic nitrogens is 2. The summed E-state index contributed by atoms with van der Waals surface area (Å²) in [4.78, 5) is 20.1. The molecule has 9 heteroatoms. The number of nitrogens with one attached hydrogen (secondary N) is 1. The number of carbonyl (C=O) groups is 1. The predicted molar refractivity (Wildman–Crippen MR) is 163 cm³/mol. The van der Waals surface area contributed by atoms with E-state index in [4.69, 9.17) is 15.2 Å². The van der Waals surface area contributed by atoms with E-state index in [2.05, 4.69) is 32.7 Å². The summed E-state index contributed by atoms with van der Waals surface area (Å²) in [7, 11) is 3.49. The van der Waals surface area contributed by atoms with Gasteiger partial charge in [0.05, 0.1) is 26.0 Å². The summed E-state index contributed by atoms with van der Waals surface area (Å²) in [5.74, 6) is 0.855. The van der Waals surface area contributed by atoms with E-state index in [9.17, 15) is 4.79 Å². The zero-order chi connectivity index (χ0) is 27.6. The molecule has 204 valence electrons. The predicted octanol–water partition coefficient (Wildman–Crippen LogP) is 5.64. The van der Waals surface area contributed by atoms with Gasteiger partial charge in [0.2, 0.25) is 0 Å². The number of rotatable bonds is 7. The Hall–Kier alpha value is -4.18. The number of fused-ring (bicyclic) bond motifs is 2. The maximum Gasteiger partial charge on any atom is 0.272 e. The summed E-state index contributed by atoms with van der Waals surface area (Å²) in [6.07, 6.45) is 6.13. The first kappa shape index (κ1) is 26.1. The fourth-order valence-electron chi connectivity index (χ4n) is 5.19. The lowest BCUT2D eigenvalue weighted by molar-refractivity contribution is 0.0435. The summed E-state index contributed by atoms with van der Waals surface area (Å²) in [5, 5.41) is 7.06. The van der Waals surface area contributed by atoms with Crippen molar-refractivity contribution in [3.8, 4) is 16.9 Å². The number of pyridine rings is 1. The summed E-state index contributed by atoms with van der Waals surface area (Å²) < 4.78 is 14.1. The highest BCUT2D eigenvalue weighted by molar-refractivity contribution is 7.18. The largest absolute Gasteiger partial charge is 0.495 e. The minimum absolute atomic E-state index is 0.201. The number of hydrogen-bond donors (Lipinski definition) is 2. The molecule has 8 nitrogen and oxygen atoms in total. The molecule has 3 N–H and O–H groups in total. The quantitative estimate of drug-likeness (QED) is 0.271. The lowest BCUT2D eigenvalue weighted by atomic mass is 10.0. The first-order valence-electron chi connectivity index (χ1n) is 13.2. The molecule has 40 heavy (non-hydrogen) atoms. The van der Waals surface area contributed by atoms with E-state index >= 15 is 0 Å². The molecule has 1 saturated heterocycles. The third kappa shape index (κ3) is 4.95. The van der Waals surface area contributed by atoms with Crippen LogP contribution in [0.1, 0.15) is 16.1 Å². The molecule has 4 heterocycles. The molecule has 0 atom stereocenters. The van der Waals surface area contributed by atoms with Gasteiger partial charge in [-0.2, -0.15) is 0 Å². The molecular weight excluding hydrogens is 522 g/mol. The molecule has 0 aliphatic carbocycles. The number of hydrogen-bond acceptors (Lipinski definition) is 7. The molecule has 1 aliphatic heterocycles. The van der Waals surface area contributed by atoms with Crippen LogP contribution in [-0.2, 0) is 11.8 Å². The number of carbonyl (C=O) groups excluding carboxylic acids is 1. The number of benzene rings is 2. The Morgan fingerprint density at radius 1 is 1.20 bits per heavy atom. The van der Waals surface area contributed by atoms with Gasteiger partial charge in [-0.15, -0.1) is 11.3 Å². The maximum atomic E-state index is 13.2. The second-order valence-electron chi connectivity index (χ2n) is 9.78. The first-order valence-corrected chi connectivity index (χ1v) is 14.1. The highest BCUT2D eigenvalue weighted by Gasteiger charge is 2.18. The fraction of sp³-hybridized carbons (Fsp3) is 0.226. The van der Waals surface area contributed by atoms with Crippen LogP contribution in [0.5, 0.6) is 5.75 Å². The van der Waals surface area contributed by atoms with Gasteiger partial charge in [0.15, 0.2) is 0 Å². The number of nitrogens with zero attached hydrogens (tertiary/aromatic N) is 3. The van der Waals surface area contributed by atoms with Crippen molar-refractivity contribution in [2.45, 2.75) is 0 Å². The van der Waals surface area contributed by atoms with Gasteiger partial charge >= 0.3 is 0 Å². The smallest absolute Gasteiger partial charge is 0.272 e. The normalized spacial score (nSPS) is 14.3. The Bertz CT molecular complexity index is 1730. The van der Waals surface area contributed by atoms with E-state index in [-0.39, 0.29) is 5.91 Å². The van der Waals surface area contributed by atoms with Crippen LogP contribution in [-0.4, -0.2) is 60.3 Å². The van der Waals surface area contributed by atoms with Crippen molar-refractivity contribution in [1.29, 1.82) is 0 Å². The fourth-order valence-corrected chi connectivity index (χ4v) is 6.26. The number of ether oxygens (including phenoxy) is 2. The van der Waals surface area contributed by atoms with Gasteiger partial charge in [0.25, 0.3) is 5.91 Å². The zero-order valence-electron chi connectivity index (χ0n) is 22.5. The van der Waals surface area contributed by atoms with E-state index < -0.39 is 0 Å². The SMILES string of the molecule is COc1cc(-c2csc3c(C=CCN4CCOCC4)cnc(N)c23)ccc1NC(=O)c1cc2ccccc2n1C. The highest BCUT2D eigenvalue weighted by Crippen LogP contribution is 2.41. The number of nitrogens with two attached hydrogens (primary N) is 1. The molecule has 1 amide bonds. The van der Waals surface area contributed by atoms with Crippen molar-refractivity contribution in [3.05, 3.63) is 77.4 Å². The number of thiophene rings is 1. The third-order valence-electron chi connectivity index (χ3n) is 7.36. The highest BCUT2D eigenvalue weighted by atomic mass is 32.1. The van der Waals surface area contributed by atoms with Crippen molar-refractivity contribution in [2.24, 2.45) is 7.05 Å². The summed E-state index contributed by atoms with van der Waals surface area (Å²) in [5.41, 5.74) is 11.5. The average molecular weight is 554 g/mol. The van der Waals surface area contributed by atoms with Crippen molar-refractivity contribution in [3.63, 3.8) is 0 Å². The number of nitrogen functional groups attached to an aromatic ring is 1. The van der Waals surface area contributed by atoms with Crippen molar-refractivity contribution in [1.82, 2.24) is 14.5 Å². The van der Waals surface area contributed by atoms with Gasteiger partial charge in [-0.25, -0.2) is 4.98 Å². The molecule has 2 aromatic carbocycles. The topological polar surface area (TPSA) is 94.6 Å². The summed E-state index contributed by atoms with van der Waals surface area (Å²) >= 11 is 1.65. The van der Waals surface area contributed by atoms with E-state index in [1.165, 1.54) is 0 Å². The molecular formula is C31H31N5O3S. The lowest BCUT2D eigenvalue weighted by Crippen LogP contribution is -2.36. The number of aryl methyl sites for hydroxylation is 1. The number of methoxy groups -OCH3 is 1. The van der Waals surface area contributed by atoms with Crippen LogP contribution in [0.4, 0.5) is 11.5 Å². The van der Waals surface area contributed by atoms with Crippen molar-refractivity contribution in [2.75, 3.05) is 51.0 Å². The summed E-state index contributed by atoms with van der Waals surface area (Å²) in [6, 6.07) is 15.6. The molecule has 0 saturated carbocycles. The van der Waals surface area contributed by atoms with Gasteiger partial charge in [-0.3, -0.25) is 9.69 Å². The Morgan fingerprint density at radius 3 is 2.83 bits per heavy atom. The van der Waals surface area contributed by atoms with Crippen molar-refractivity contribution < 1.29 is 14.3 Å². The monoisotopic (exact) mass is 553 g/mol. The van der Waals surface area contributed by atoms with Crippen LogP contribution in [0.3, 0.4) is 0 Å². The molecule has 0 unspecified atom stereocenters. The number of amides is 1. The van der Waals surface area contributed by atoms with Gasteiger partial charge in [-0.05, 0) is 35.2 Å². The third-order valence-corrected chi connectivity index (χ3v) is 8.39. The first-order chi connectivity index (χ1) is 19.5. The van der Waals surface area contributed by atoms with Crippen LogP contribution in [0.25, 0.3) is 38.2 Å². The van der Waals surface area contributed by atoms with E-state index in [1.54, 1.807) is 18.4 Å². The van der Waals surface area contributed by atoms with Crippen LogP contribution in [0, 0.1) is 0 Å². The Morgan fingerprint density at radius 2 is 2.02 bits per heavy atom. The van der Waals surface area contributed by atoms with Gasteiger partial charge in [0.1, 0.15) is 17.3 Å². The molecule has 1 fully saturated rings. The zero-order valence-corrected chi connectivity index (χ0v) is 23.3. The molecule has 6 rings (SSSR count). The van der Waals surface area contributed by atoms with E-state index in [0.29, 0.717) is 22.9 Å². The van der Waals surface area contributed by atoms with Crippen LogP contribution in [0.2, 0.25) is 0 Å². The molecule has 0 radical (unpaired) electrons. The number of morpholine rings is 1. The second-order valence-corrected chi connectivity index (χ2v) is 10.7. The van der Waals surface area contributed by atoms with Gasteiger partial charge < -0.3 is 25.1 Å². The second kappa shape index (κ2) is 11.1. The number of anilines is 2. The molecule has 0 bridgehead atoms. The molecule has 5 aromatic rings. The molecule has 1 aliphatic rings. The maximum absolute atomic E-state index is 13.2. The average Bonchev–Trinajstić information content (AvgIpc) is 3.58. The van der Waals surface area contributed by atoms with Gasteiger partial charge in [-0.1, -0.05) is 36.4 Å². The Labute approximate surface area is 236 Å². The number of para-hydroxylation sites is 1. The van der Waals surface area contributed by atoms with E-state index in [0.717, 1.165) is 70.5 Å². The summed E-state index contributed by atoms with van der Waals surface area (Å²) in [6.45, 7) is 4.33. The van der Waals surface area contributed by atoms with Crippen molar-refractivity contribution >= 4 is 55.8 Å². The Kier molecular flexibility index (Phi) is 7.25. The standard InChI is InChI=1S/C31H31N5O3S/c1-35-25-8-4-3-6-21(25)16-26(35)31(37)34-24-10-9-20(17-27(24)38-2)23-19-40-29-22(18-33-30(32)28(23)29)7-5-11-36-12-14-39-15-13-36/h3-10,16-19H,11-15H2,1-2H3,(H2,32,33)(H,34,37). The minimum atomic E-state index is -0.201. The lowest BCUT2D eigenvalue weighted by Gasteiger charge is -2.25. The van der Waals surface area contributed by atoms with Crippen LogP contribution in [0.15, 0.2) is 66.2 Å². The van der Waals surface area contributed by atoms with E-state index in [1.807, 2.05) is 66.3 Å². The van der Waals surface area contributed by atoms with Gasteiger partial charge in [0, 0.05) is 65.0 Å². The van der Waals surface area contributed by atoms with Crippen LogP contribution >= 0.6 is 11.3 Å². The minimum Gasteiger partial charge on any atom is -0.495 e. The molecule has 3 aromatic heterocycles. The Balaban J connectivity index is 1.27.